The van der Waals surface area contributed by atoms with Crippen LogP contribution >= 0.6 is 0 Å². The van der Waals surface area contributed by atoms with Crippen LogP contribution < -0.4 is 0 Å². The van der Waals surface area contributed by atoms with E-state index in [2.05, 4.69) is 10.1 Å². The maximum atomic E-state index is 13.5. The maximum Gasteiger partial charge on any atom is 0.184 e. The number of rotatable bonds is 1. The second-order valence-corrected chi connectivity index (χ2v) is 3.17. The van der Waals surface area contributed by atoms with Crippen LogP contribution in [0.1, 0.15) is 5.56 Å². The van der Waals surface area contributed by atoms with Crippen LogP contribution in [0, 0.1) is 12.7 Å². The van der Waals surface area contributed by atoms with E-state index in [4.69, 9.17) is 0 Å². The summed E-state index contributed by atoms with van der Waals surface area (Å²) in [6.45, 7) is 1.84. The van der Waals surface area contributed by atoms with Crippen molar-refractivity contribution >= 4 is 0 Å². The summed E-state index contributed by atoms with van der Waals surface area (Å²) in [6, 6.07) is 4.94. The van der Waals surface area contributed by atoms with E-state index in [9.17, 15) is 4.39 Å². The van der Waals surface area contributed by atoms with Crippen LogP contribution in [0.3, 0.4) is 0 Å². The van der Waals surface area contributed by atoms with Gasteiger partial charge in [-0.15, -0.1) is 0 Å². The fraction of sp³-hybridized carbons (Fsp3) is 0.200. The van der Waals surface area contributed by atoms with Crippen LogP contribution in [0.5, 0.6) is 0 Å². The first-order valence-corrected chi connectivity index (χ1v) is 4.29. The summed E-state index contributed by atoms with van der Waals surface area (Å²) in [7, 11) is 1.76. The number of aromatic nitrogens is 3. The lowest BCUT2D eigenvalue weighted by atomic mass is 10.1. The lowest BCUT2D eigenvalue weighted by molar-refractivity contribution is 0.628. The highest BCUT2D eigenvalue weighted by atomic mass is 19.1. The normalized spacial score (nSPS) is 10.5. The highest BCUT2D eigenvalue weighted by molar-refractivity contribution is 5.59. The lowest BCUT2D eigenvalue weighted by Crippen LogP contribution is -1.92. The molecule has 4 heteroatoms. The Labute approximate surface area is 81.2 Å². The van der Waals surface area contributed by atoms with Gasteiger partial charge < -0.3 is 0 Å². The van der Waals surface area contributed by atoms with Crippen molar-refractivity contribution < 1.29 is 4.39 Å². The number of hydrogen-bond acceptors (Lipinski definition) is 2. The third kappa shape index (κ3) is 1.39. The Morgan fingerprint density at radius 2 is 2.14 bits per heavy atom. The Hall–Kier alpha value is -1.71. The van der Waals surface area contributed by atoms with Gasteiger partial charge in [-0.3, -0.25) is 4.68 Å². The Morgan fingerprint density at radius 1 is 1.36 bits per heavy atom. The van der Waals surface area contributed by atoms with Crippen molar-refractivity contribution in [1.29, 1.82) is 0 Å². The van der Waals surface area contributed by atoms with E-state index in [1.54, 1.807) is 24.1 Å². The van der Waals surface area contributed by atoms with Crippen LogP contribution in [0.25, 0.3) is 11.4 Å². The van der Waals surface area contributed by atoms with Crippen molar-refractivity contribution in [2.75, 3.05) is 0 Å². The molecule has 0 N–H and O–H groups in total. The fourth-order valence-electron chi connectivity index (χ4n) is 1.37. The van der Waals surface area contributed by atoms with Gasteiger partial charge in [-0.2, -0.15) is 5.10 Å². The molecule has 0 spiro atoms. The molecular formula is C10H10FN3. The van der Waals surface area contributed by atoms with Crippen molar-refractivity contribution in [3.05, 3.63) is 35.9 Å². The molecule has 0 saturated heterocycles. The SMILES string of the molecule is Cc1cccc(F)c1-c1ncn(C)n1. The summed E-state index contributed by atoms with van der Waals surface area (Å²) in [4.78, 5) is 4.02. The summed E-state index contributed by atoms with van der Waals surface area (Å²) in [6.07, 6.45) is 1.56. The number of nitrogens with zero attached hydrogens (tertiary/aromatic N) is 3. The molecule has 0 aliphatic carbocycles. The minimum absolute atomic E-state index is 0.281. The van der Waals surface area contributed by atoms with E-state index >= 15 is 0 Å². The molecule has 2 rings (SSSR count). The zero-order valence-electron chi connectivity index (χ0n) is 8.03. The minimum Gasteiger partial charge on any atom is -0.255 e. The Kier molecular flexibility index (Phi) is 2.04. The predicted molar refractivity (Wildman–Crippen MR) is 51.1 cm³/mol. The van der Waals surface area contributed by atoms with Crippen LogP contribution in [0.2, 0.25) is 0 Å². The van der Waals surface area contributed by atoms with Gasteiger partial charge in [0.05, 0.1) is 5.56 Å². The number of halogens is 1. The van der Waals surface area contributed by atoms with Crippen molar-refractivity contribution in [2.45, 2.75) is 6.92 Å². The second-order valence-electron chi connectivity index (χ2n) is 3.17. The smallest absolute Gasteiger partial charge is 0.184 e. The van der Waals surface area contributed by atoms with Crippen molar-refractivity contribution in [3.63, 3.8) is 0 Å². The highest BCUT2D eigenvalue weighted by Gasteiger charge is 2.11. The van der Waals surface area contributed by atoms with E-state index in [1.807, 2.05) is 13.0 Å². The van der Waals surface area contributed by atoms with Crippen molar-refractivity contribution in [3.8, 4) is 11.4 Å². The number of hydrogen-bond donors (Lipinski definition) is 0. The van der Waals surface area contributed by atoms with Gasteiger partial charge in [0.2, 0.25) is 0 Å². The Bertz CT molecular complexity index is 442. The molecule has 0 unspecified atom stereocenters. The van der Waals surface area contributed by atoms with Gasteiger partial charge in [0.25, 0.3) is 0 Å². The molecule has 1 aromatic carbocycles. The molecule has 14 heavy (non-hydrogen) atoms. The molecule has 0 amide bonds. The zero-order chi connectivity index (χ0) is 10.1. The van der Waals surface area contributed by atoms with Gasteiger partial charge in [-0.25, -0.2) is 9.37 Å². The quantitative estimate of drug-likeness (QED) is 0.689. The molecule has 0 radical (unpaired) electrons. The number of benzene rings is 1. The van der Waals surface area contributed by atoms with Gasteiger partial charge in [-0.1, -0.05) is 12.1 Å². The Balaban J connectivity index is 2.61. The molecule has 1 aromatic heterocycles. The third-order valence-electron chi connectivity index (χ3n) is 2.05. The topological polar surface area (TPSA) is 30.7 Å². The average molecular weight is 191 g/mol. The predicted octanol–water partition coefficient (Wildman–Crippen LogP) is 1.93. The largest absolute Gasteiger partial charge is 0.255 e. The molecule has 1 heterocycles. The summed E-state index contributed by atoms with van der Waals surface area (Å²) < 4.78 is 15.0. The first-order valence-electron chi connectivity index (χ1n) is 4.29. The van der Waals surface area contributed by atoms with Gasteiger partial charge in [-0.05, 0) is 18.6 Å². The molecule has 0 aliphatic heterocycles. The maximum absolute atomic E-state index is 13.5. The molecule has 0 atom stereocenters. The summed E-state index contributed by atoms with van der Waals surface area (Å²) in [5.74, 6) is 0.152. The van der Waals surface area contributed by atoms with E-state index < -0.39 is 0 Å². The van der Waals surface area contributed by atoms with Crippen LogP contribution in [0.15, 0.2) is 24.5 Å². The van der Waals surface area contributed by atoms with Gasteiger partial charge >= 0.3 is 0 Å². The highest BCUT2D eigenvalue weighted by Crippen LogP contribution is 2.22. The molecule has 3 nitrogen and oxygen atoms in total. The van der Waals surface area contributed by atoms with Crippen molar-refractivity contribution in [2.24, 2.45) is 7.05 Å². The van der Waals surface area contributed by atoms with Crippen molar-refractivity contribution in [1.82, 2.24) is 14.8 Å². The summed E-state index contributed by atoms with van der Waals surface area (Å²) in [5.41, 5.74) is 1.32. The molecule has 0 bridgehead atoms. The van der Waals surface area contributed by atoms with Gasteiger partial charge in [0.1, 0.15) is 12.1 Å². The first-order chi connectivity index (χ1) is 6.68. The zero-order valence-corrected chi connectivity index (χ0v) is 8.03. The number of aryl methyl sites for hydroxylation is 2. The average Bonchev–Trinajstić information content (AvgIpc) is 2.51. The second kappa shape index (κ2) is 3.21. The van der Waals surface area contributed by atoms with E-state index in [1.165, 1.54) is 6.07 Å². The Morgan fingerprint density at radius 3 is 2.71 bits per heavy atom. The molecule has 2 aromatic rings. The standard InChI is InChI=1S/C10H10FN3/c1-7-4-3-5-8(11)9(7)10-12-6-14(2)13-10/h3-6H,1-2H3. The van der Waals surface area contributed by atoms with E-state index in [0.717, 1.165) is 5.56 Å². The molecule has 0 saturated carbocycles. The monoisotopic (exact) mass is 191 g/mol. The van der Waals surface area contributed by atoms with E-state index in [0.29, 0.717) is 11.4 Å². The fourth-order valence-corrected chi connectivity index (χ4v) is 1.37. The summed E-state index contributed by atoms with van der Waals surface area (Å²) >= 11 is 0. The van der Waals surface area contributed by atoms with Gasteiger partial charge in [0, 0.05) is 7.05 Å². The minimum atomic E-state index is -0.281. The molecule has 0 aliphatic rings. The third-order valence-corrected chi connectivity index (χ3v) is 2.05. The molecular weight excluding hydrogens is 181 g/mol. The first kappa shape index (κ1) is 8.87. The van der Waals surface area contributed by atoms with Crippen LogP contribution in [0.4, 0.5) is 4.39 Å². The van der Waals surface area contributed by atoms with E-state index in [-0.39, 0.29) is 5.82 Å². The van der Waals surface area contributed by atoms with Gasteiger partial charge in [0.15, 0.2) is 5.82 Å². The summed E-state index contributed by atoms with van der Waals surface area (Å²) in [5, 5.41) is 4.07. The van der Waals surface area contributed by atoms with Crippen LogP contribution in [-0.4, -0.2) is 14.8 Å². The van der Waals surface area contributed by atoms with Crippen LogP contribution in [-0.2, 0) is 7.05 Å². The lowest BCUT2D eigenvalue weighted by Gasteiger charge is -2.01. The molecule has 0 fully saturated rings. The molecule has 72 valence electrons.